The second-order valence-corrected chi connectivity index (χ2v) is 4.37. The lowest BCUT2D eigenvalue weighted by Gasteiger charge is -2.04. The second kappa shape index (κ2) is 8.13. The van der Waals surface area contributed by atoms with Crippen molar-refractivity contribution in [2.24, 2.45) is 5.73 Å². The van der Waals surface area contributed by atoms with Crippen LogP contribution in [0.4, 0.5) is 0 Å². The number of unbranched alkanes of at least 4 members (excludes halogenated alkanes) is 1. The van der Waals surface area contributed by atoms with Gasteiger partial charge in [-0.05, 0) is 31.5 Å². The fraction of sp³-hybridized carbons (Fsp3) is 0.455. The van der Waals surface area contributed by atoms with Gasteiger partial charge in [-0.15, -0.1) is 11.8 Å². The number of carbonyl (C=O) groups excluding carboxylic acids is 1. The second-order valence-electron chi connectivity index (χ2n) is 3.32. The van der Waals surface area contributed by atoms with Crippen molar-refractivity contribution in [1.29, 1.82) is 0 Å². The van der Waals surface area contributed by atoms with Crippen molar-refractivity contribution in [3.63, 3.8) is 0 Å². The molecule has 0 saturated carbocycles. The predicted octanol–water partition coefficient (Wildman–Crippen LogP) is 1.03. The molecule has 0 bridgehead atoms. The van der Waals surface area contributed by atoms with Crippen molar-refractivity contribution < 1.29 is 4.79 Å². The van der Waals surface area contributed by atoms with Gasteiger partial charge >= 0.3 is 0 Å². The third-order valence-electron chi connectivity index (χ3n) is 1.97. The van der Waals surface area contributed by atoms with Crippen LogP contribution < -0.4 is 11.1 Å². The highest BCUT2D eigenvalue weighted by Crippen LogP contribution is 2.15. The lowest BCUT2D eigenvalue weighted by Crippen LogP contribution is -2.26. The molecule has 0 unspecified atom stereocenters. The molecule has 88 valence electrons. The number of pyridine rings is 1. The smallest absolute Gasteiger partial charge is 0.230 e. The van der Waals surface area contributed by atoms with Gasteiger partial charge in [0.15, 0.2) is 0 Å². The SMILES string of the molecule is NCCCCNC(=O)CSc1ccncc1. The first-order valence-electron chi connectivity index (χ1n) is 5.32. The van der Waals surface area contributed by atoms with Crippen molar-refractivity contribution in [1.82, 2.24) is 10.3 Å². The van der Waals surface area contributed by atoms with Gasteiger partial charge in [0.25, 0.3) is 0 Å². The minimum atomic E-state index is 0.0684. The van der Waals surface area contributed by atoms with Crippen LogP contribution in [0.5, 0.6) is 0 Å². The molecule has 0 aliphatic rings. The molecule has 5 heteroatoms. The maximum Gasteiger partial charge on any atom is 0.230 e. The van der Waals surface area contributed by atoms with Crippen LogP contribution in [0.2, 0.25) is 0 Å². The highest BCUT2D eigenvalue weighted by Gasteiger charge is 2.01. The summed E-state index contributed by atoms with van der Waals surface area (Å²) in [6, 6.07) is 3.79. The van der Waals surface area contributed by atoms with E-state index in [1.54, 1.807) is 12.4 Å². The first kappa shape index (κ1) is 13.0. The average Bonchev–Trinajstić information content (AvgIpc) is 2.33. The molecule has 0 saturated heterocycles. The summed E-state index contributed by atoms with van der Waals surface area (Å²) in [6.45, 7) is 1.40. The summed E-state index contributed by atoms with van der Waals surface area (Å²) in [7, 11) is 0. The van der Waals surface area contributed by atoms with Crippen molar-refractivity contribution in [3.8, 4) is 0 Å². The van der Waals surface area contributed by atoms with Crippen LogP contribution in [0.25, 0.3) is 0 Å². The Labute approximate surface area is 100 Å². The summed E-state index contributed by atoms with van der Waals surface area (Å²) in [6.07, 6.45) is 5.35. The number of aromatic nitrogens is 1. The Morgan fingerprint density at radius 3 is 2.81 bits per heavy atom. The molecule has 0 aromatic carbocycles. The van der Waals surface area contributed by atoms with Gasteiger partial charge in [0.05, 0.1) is 5.75 Å². The number of nitrogens with zero attached hydrogens (tertiary/aromatic N) is 1. The number of hydrogen-bond donors (Lipinski definition) is 2. The molecule has 3 N–H and O–H groups in total. The maximum absolute atomic E-state index is 11.4. The molecule has 16 heavy (non-hydrogen) atoms. The normalized spacial score (nSPS) is 10.1. The zero-order valence-corrected chi connectivity index (χ0v) is 10.0. The highest BCUT2D eigenvalue weighted by atomic mass is 32.2. The van der Waals surface area contributed by atoms with E-state index in [4.69, 9.17) is 5.73 Å². The molecule has 1 rings (SSSR count). The van der Waals surface area contributed by atoms with Crippen LogP contribution >= 0.6 is 11.8 Å². The highest BCUT2D eigenvalue weighted by molar-refractivity contribution is 8.00. The Morgan fingerprint density at radius 1 is 1.38 bits per heavy atom. The van der Waals surface area contributed by atoms with Gasteiger partial charge in [0.2, 0.25) is 5.91 Å². The Balaban J connectivity index is 2.11. The van der Waals surface area contributed by atoms with Crippen LogP contribution in [0.1, 0.15) is 12.8 Å². The van der Waals surface area contributed by atoms with Crippen molar-refractivity contribution in [2.45, 2.75) is 17.7 Å². The van der Waals surface area contributed by atoms with E-state index in [-0.39, 0.29) is 5.91 Å². The minimum Gasteiger partial charge on any atom is -0.355 e. The van der Waals surface area contributed by atoms with E-state index in [2.05, 4.69) is 10.3 Å². The summed E-state index contributed by atoms with van der Waals surface area (Å²) in [5.41, 5.74) is 5.36. The summed E-state index contributed by atoms with van der Waals surface area (Å²) >= 11 is 1.52. The molecule has 1 aromatic heterocycles. The molecule has 0 aliphatic heterocycles. The van der Waals surface area contributed by atoms with Gasteiger partial charge in [0.1, 0.15) is 0 Å². The molecule has 0 spiro atoms. The van der Waals surface area contributed by atoms with E-state index >= 15 is 0 Å². The van der Waals surface area contributed by atoms with Gasteiger partial charge in [-0.2, -0.15) is 0 Å². The topological polar surface area (TPSA) is 68.0 Å². The Morgan fingerprint density at radius 2 is 2.12 bits per heavy atom. The third kappa shape index (κ3) is 5.72. The van der Waals surface area contributed by atoms with Crippen molar-refractivity contribution in [2.75, 3.05) is 18.8 Å². The van der Waals surface area contributed by atoms with E-state index in [0.29, 0.717) is 18.8 Å². The molecule has 0 atom stereocenters. The molecular formula is C11H17N3OS. The summed E-state index contributed by atoms with van der Waals surface area (Å²) in [5.74, 6) is 0.519. The van der Waals surface area contributed by atoms with Gasteiger partial charge < -0.3 is 11.1 Å². The first-order valence-corrected chi connectivity index (χ1v) is 6.31. The zero-order chi connectivity index (χ0) is 11.6. The number of thioether (sulfide) groups is 1. The molecule has 1 amide bonds. The Hall–Kier alpha value is -1.07. The predicted molar refractivity (Wildman–Crippen MR) is 66.3 cm³/mol. The summed E-state index contributed by atoms with van der Waals surface area (Å²) < 4.78 is 0. The lowest BCUT2D eigenvalue weighted by molar-refractivity contribution is -0.118. The molecule has 0 fully saturated rings. The van der Waals surface area contributed by atoms with E-state index in [1.165, 1.54) is 11.8 Å². The van der Waals surface area contributed by atoms with Crippen molar-refractivity contribution >= 4 is 17.7 Å². The number of carbonyl (C=O) groups is 1. The number of amides is 1. The van der Waals surface area contributed by atoms with Gasteiger partial charge in [0, 0.05) is 23.8 Å². The quantitative estimate of drug-likeness (QED) is 0.551. The standard InChI is InChI=1S/C11H17N3OS/c12-5-1-2-6-14-11(15)9-16-10-3-7-13-8-4-10/h3-4,7-8H,1-2,5-6,9,12H2,(H,14,15). The number of rotatable bonds is 7. The van der Waals surface area contributed by atoms with E-state index < -0.39 is 0 Å². The Bertz CT molecular complexity index is 305. The molecule has 1 heterocycles. The third-order valence-corrected chi connectivity index (χ3v) is 2.98. The Kier molecular flexibility index (Phi) is 6.60. The monoisotopic (exact) mass is 239 g/mol. The lowest BCUT2D eigenvalue weighted by atomic mass is 10.3. The van der Waals surface area contributed by atoms with Crippen LogP contribution in [0.3, 0.4) is 0 Å². The minimum absolute atomic E-state index is 0.0684. The zero-order valence-electron chi connectivity index (χ0n) is 9.19. The van der Waals surface area contributed by atoms with Gasteiger partial charge in [-0.25, -0.2) is 0 Å². The van der Waals surface area contributed by atoms with Crippen LogP contribution in [0.15, 0.2) is 29.4 Å². The maximum atomic E-state index is 11.4. The van der Waals surface area contributed by atoms with Crippen LogP contribution in [-0.2, 0) is 4.79 Å². The van der Waals surface area contributed by atoms with Gasteiger partial charge in [-0.1, -0.05) is 0 Å². The fourth-order valence-electron chi connectivity index (χ4n) is 1.13. The van der Waals surface area contributed by atoms with E-state index in [9.17, 15) is 4.79 Å². The van der Waals surface area contributed by atoms with Crippen molar-refractivity contribution in [3.05, 3.63) is 24.5 Å². The molecule has 0 aliphatic carbocycles. The number of nitrogens with two attached hydrogens (primary N) is 1. The average molecular weight is 239 g/mol. The largest absolute Gasteiger partial charge is 0.355 e. The van der Waals surface area contributed by atoms with Crippen LogP contribution in [-0.4, -0.2) is 29.7 Å². The first-order chi connectivity index (χ1) is 7.83. The summed E-state index contributed by atoms with van der Waals surface area (Å²) in [4.78, 5) is 16.4. The van der Waals surface area contributed by atoms with Crippen LogP contribution in [0, 0.1) is 0 Å². The summed E-state index contributed by atoms with van der Waals surface area (Å²) in [5, 5.41) is 2.86. The molecule has 4 nitrogen and oxygen atoms in total. The molecule has 1 aromatic rings. The van der Waals surface area contributed by atoms with E-state index in [1.807, 2.05) is 12.1 Å². The van der Waals surface area contributed by atoms with E-state index in [0.717, 1.165) is 17.7 Å². The number of hydrogen-bond acceptors (Lipinski definition) is 4. The molecular weight excluding hydrogens is 222 g/mol. The fourth-order valence-corrected chi connectivity index (χ4v) is 1.85. The molecule has 0 radical (unpaired) electrons. The van der Waals surface area contributed by atoms with Gasteiger partial charge in [-0.3, -0.25) is 9.78 Å². The number of nitrogens with one attached hydrogen (secondary N) is 1.